The molecule has 1 amide bonds. The first-order valence-corrected chi connectivity index (χ1v) is 5.24. The molecule has 0 aliphatic carbocycles. The van der Waals surface area contributed by atoms with Crippen molar-refractivity contribution in [2.75, 3.05) is 23.7 Å². The van der Waals surface area contributed by atoms with Crippen LogP contribution in [-0.4, -0.2) is 24.0 Å². The number of nitrogens with two attached hydrogens (primary N) is 2. The second-order valence-electron chi connectivity index (χ2n) is 4.15. The smallest absolute Gasteiger partial charge is 0.236 e. The van der Waals surface area contributed by atoms with E-state index in [2.05, 4.69) is 18.8 Å². The summed E-state index contributed by atoms with van der Waals surface area (Å²) >= 11 is 0. The Kier molecular flexibility index (Phi) is 4.10. The zero-order chi connectivity index (χ0) is 12.1. The quantitative estimate of drug-likeness (QED) is 0.764. The van der Waals surface area contributed by atoms with E-state index >= 15 is 0 Å². The van der Waals surface area contributed by atoms with Crippen molar-refractivity contribution in [2.24, 2.45) is 11.7 Å². The number of hydrogen-bond donors (Lipinski definition) is 2. The summed E-state index contributed by atoms with van der Waals surface area (Å²) in [6.07, 6.45) is 1.62. The highest BCUT2D eigenvalue weighted by Crippen LogP contribution is 2.20. The lowest BCUT2D eigenvalue weighted by atomic mass is 10.2. The van der Waals surface area contributed by atoms with Gasteiger partial charge in [-0.15, -0.1) is 0 Å². The average Bonchev–Trinajstić information content (AvgIpc) is 2.15. The fourth-order valence-electron chi connectivity index (χ4n) is 1.55. The lowest BCUT2D eigenvalue weighted by molar-refractivity contribution is -0.116. The van der Waals surface area contributed by atoms with Gasteiger partial charge in [-0.2, -0.15) is 0 Å². The first-order chi connectivity index (χ1) is 7.50. The fraction of sp³-hybridized carbons (Fsp3) is 0.455. The number of carbonyl (C=O) groups is 1. The third-order valence-corrected chi connectivity index (χ3v) is 2.09. The molecule has 0 bridgehead atoms. The standard InChI is InChI=1S/C11H18N4O/c1-8(2)6-15(7-10(12)16)9-4-3-5-14-11(9)13/h3-5,8H,6-7H2,1-2H3,(H2,12,16)(H2,13,14). The molecule has 0 radical (unpaired) electrons. The van der Waals surface area contributed by atoms with E-state index in [0.717, 1.165) is 12.2 Å². The number of carbonyl (C=O) groups excluding carboxylic acids is 1. The van der Waals surface area contributed by atoms with Crippen LogP contribution in [0.15, 0.2) is 18.3 Å². The maximum atomic E-state index is 11.0. The van der Waals surface area contributed by atoms with Gasteiger partial charge in [-0.3, -0.25) is 4.79 Å². The molecule has 1 aromatic rings. The minimum absolute atomic E-state index is 0.161. The van der Waals surface area contributed by atoms with Crippen LogP contribution >= 0.6 is 0 Å². The Hall–Kier alpha value is -1.78. The second kappa shape index (κ2) is 5.34. The maximum absolute atomic E-state index is 11.0. The van der Waals surface area contributed by atoms with E-state index in [-0.39, 0.29) is 12.5 Å². The summed E-state index contributed by atoms with van der Waals surface area (Å²) in [5.41, 5.74) is 11.7. The Bertz CT molecular complexity index is 365. The molecule has 1 aromatic heterocycles. The molecule has 1 heterocycles. The van der Waals surface area contributed by atoms with Gasteiger partial charge in [0.1, 0.15) is 5.82 Å². The number of nitrogens with zero attached hydrogens (tertiary/aromatic N) is 2. The average molecular weight is 222 g/mol. The summed E-state index contributed by atoms with van der Waals surface area (Å²) in [6, 6.07) is 3.63. The molecule has 0 saturated heterocycles. The normalized spacial score (nSPS) is 10.4. The summed E-state index contributed by atoms with van der Waals surface area (Å²) in [5, 5.41) is 0. The van der Waals surface area contributed by atoms with E-state index < -0.39 is 0 Å². The van der Waals surface area contributed by atoms with Crippen LogP contribution in [0.25, 0.3) is 0 Å². The molecule has 0 aliphatic heterocycles. The molecule has 5 nitrogen and oxygen atoms in total. The van der Waals surface area contributed by atoms with Crippen molar-refractivity contribution >= 4 is 17.4 Å². The highest BCUT2D eigenvalue weighted by atomic mass is 16.1. The molecule has 0 spiro atoms. The molecular weight excluding hydrogens is 204 g/mol. The van der Waals surface area contributed by atoms with Gasteiger partial charge < -0.3 is 16.4 Å². The van der Waals surface area contributed by atoms with Gasteiger partial charge in [0.15, 0.2) is 0 Å². The highest BCUT2D eigenvalue weighted by Gasteiger charge is 2.13. The Balaban J connectivity index is 2.91. The number of primary amides is 1. The lowest BCUT2D eigenvalue weighted by Crippen LogP contribution is -2.36. The van der Waals surface area contributed by atoms with Crippen LogP contribution in [0.2, 0.25) is 0 Å². The van der Waals surface area contributed by atoms with Crippen LogP contribution in [0.5, 0.6) is 0 Å². The lowest BCUT2D eigenvalue weighted by Gasteiger charge is -2.25. The fourth-order valence-corrected chi connectivity index (χ4v) is 1.55. The Morgan fingerprint density at radius 2 is 2.25 bits per heavy atom. The van der Waals surface area contributed by atoms with Gasteiger partial charge in [0.25, 0.3) is 0 Å². The zero-order valence-electron chi connectivity index (χ0n) is 9.68. The minimum atomic E-state index is -0.371. The van der Waals surface area contributed by atoms with Gasteiger partial charge in [-0.05, 0) is 18.1 Å². The largest absolute Gasteiger partial charge is 0.382 e. The molecule has 4 N–H and O–H groups in total. The molecule has 5 heteroatoms. The van der Waals surface area contributed by atoms with Crippen molar-refractivity contribution < 1.29 is 4.79 Å². The van der Waals surface area contributed by atoms with E-state index in [1.54, 1.807) is 12.3 Å². The number of rotatable bonds is 5. The molecule has 0 fully saturated rings. The van der Waals surface area contributed by atoms with Gasteiger partial charge in [0.2, 0.25) is 5.91 Å². The molecule has 16 heavy (non-hydrogen) atoms. The van der Waals surface area contributed by atoms with Gasteiger partial charge in [0.05, 0.1) is 12.2 Å². The van der Waals surface area contributed by atoms with E-state index in [0.29, 0.717) is 11.7 Å². The molecule has 0 saturated carbocycles. The third kappa shape index (κ3) is 3.42. The van der Waals surface area contributed by atoms with Gasteiger partial charge in [-0.1, -0.05) is 13.8 Å². The molecule has 0 aromatic carbocycles. The van der Waals surface area contributed by atoms with Crippen LogP contribution in [0.1, 0.15) is 13.8 Å². The molecule has 0 atom stereocenters. The summed E-state index contributed by atoms with van der Waals surface area (Å²) in [6.45, 7) is 5.02. The summed E-state index contributed by atoms with van der Waals surface area (Å²) in [7, 11) is 0. The van der Waals surface area contributed by atoms with Crippen molar-refractivity contribution in [3.63, 3.8) is 0 Å². The Morgan fingerprint density at radius 3 is 2.75 bits per heavy atom. The van der Waals surface area contributed by atoms with Crippen LogP contribution in [-0.2, 0) is 4.79 Å². The molecule has 0 aliphatic rings. The van der Waals surface area contributed by atoms with Crippen molar-refractivity contribution in [2.45, 2.75) is 13.8 Å². The van der Waals surface area contributed by atoms with Crippen molar-refractivity contribution in [1.82, 2.24) is 4.98 Å². The van der Waals surface area contributed by atoms with Crippen molar-refractivity contribution in [1.29, 1.82) is 0 Å². The number of amides is 1. The SMILES string of the molecule is CC(C)CN(CC(N)=O)c1cccnc1N. The summed E-state index contributed by atoms with van der Waals surface area (Å²) in [5.74, 6) is 0.465. The number of aromatic nitrogens is 1. The first kappa shape index (κ1) is 12.3. The number of hydrogen-bond acceptors (Lipinski definition) is 4. The van der Waals surface area contributed by atoms with E-state index in [1.807, 2.05) is 11.0 Å². The second-order valence-corrected chi connectivity index (χ2v) is 4.15. The number of nitrogen functional groups attached to an aromatic ring is 1. The Labute approximate surface area is 95.4 Å². The van der Waals surface area contributed by atoms with Crippen molar-refractivity contribution in [3.8, 4) is 0 Å². The van der Waals surface area contributed by atoms with Gasteiger partial charge >= 0.3 is 0 Å². The summed E-state index contributed by atoms with van der Waals surface area (Å²) < 4.78 is 0. The van der Waals surface area contributed by atoms with E-state index in [9.17, 15) is 4.79 Å². The van der Waals surface area contributed by atoms with Crippen molar-refractivity contribution in [3.05, 3.63) is 18.3 Å². The van der Waals surface area contributed by atoms with E-state index in [1.165, 1.54) is 0 Å². The van der Waals surface area contributed by atoms with Crippen LogP contribution < -0.4 is 16.4 Å². The molecule has 1 rings (SSSR count). The number of pyridine rings is 1. The Morgan fingerprint density at radius 1 is 1.56 bits per heavy atom. The van der Waals surface area contributed by atoms with Crippen LogP contribution in [0, 0.1) is 5.92 Å². The van der Waals surface area contributed by atoms with Crippen LogP contribution in [0.4, 0.5) is 11.5 Å². The van der Waals surface area contributed by atoms with Crippen LogP contribution in [0.3, 0.4) is 0 Å². The molecule has 88 valence electrons. The highest BCUT2D eigenvalue weighted by molar-refractivity contribution is 5.81. The predicted octanol–water partition coefficient (Wildman–Crippen LogP) is 0.611. The van der Waals surface area contributed by atoms with Gasteiger partial charge in [0, 0.05) is 12.7 Å². The molecule has 0 unspecified atom stereocenters. The predicted molar refractivity (Wildman–Crippen MR) is 64.9 cm³/mol. The molecular formula is C11H18N4O. The summed E-state index contributed by atoms with van der Waals surface area (Å²) in [4.78, 5) is 16.9. The monoisotopic (exact) mass is 222 g/mol. The third-order valence-electron chi connectivity index (χ3n) is 2.09. The van der Waals surface area contributed by atoms with Gasteiger partial charge in [-0.25, -0.2) is 4.98 Å². The maximum Gasteiger partial charge on any atom is 0.236 e. The zero-order valence-corrected chi connectivity index (χ0v) is 9.68. The van der Waals surface area contributed by atoms with E-state index in [4.69, 9.17) is 11.5 Å². The first-order valence-electron chi connectivity index (χ1n) is 5.24. The number of anilines is 2. The minimum Gasteiger partial charge on any atom is -0.382 e. The topological polar surface area (TPSA) is 85.2 Å².